The molecule has 0 spiro atoms. The summed E-state index contributed by atoms with van der Waals surface area (Å²) in [5.74, 6) is -1.62. The molecule has 0 aliphatic rings. The molecule has 0 radical (unpaired) electrons. The van der Waals surface area contributed by atoms with Crippen molar-refractivity contribution in [1.29, 1.82) is 0 Å². The molecule has 0 saturated heterocycles. The molecule has 0 unspecified atom stereocenters. The molecule has 170 valence electrons. The number of ether oxygens (including phenoxy) is 1. The van der Waals surface area contributed by atoms with Gasteiger partial charge in [0.2, 0.25) is 11.8 Å². The Hall–Kier alpha value is -2.93. The summed E-state index contributed by atoms with van der Waals surface area (Å²) < 4.78 is 5.38. The summed E-state index contributed by atoms with van der Waals surface area (Å²) >= 11 is 0. The Morgan fingerprint density at radius 1 is 1.13 bits per heavy atom. The average molecular weight is 431 g/mol. The van der Waals surface area contributed by atoms with Crippen LogP contribution in [0.2, 0.25) is 0 Å². The van der Waals surface area contributed by atoms with Gasteiger partial charge in [-0.3, -0.25) is 14.4 Å². The summed E-state index contributed by atoms with van der Waals surface area (Å²) in [6.07, 6.45) is 5.29. The Balaban J connectivity index is 2.81. The molecular formula is C24H34N2O5. The number of allylic oxidation sites excluding steroid dienone is 2. The van der Waals surface area contributed by atoms with Gasteiger partial charge in [0.15, 0.2) is 0 Å². The van der Waals surface area contributed by atoms with Gasteiger partial charge in [-0.2, -0.15) is 0 Å². The number of carbonyl (C=O) groups is 3. The largest absolute Gasteiger partial charge is 0.463 e. The summed E-state index contributed by atoms with van der Waals surface area (Å²) in [6, 6.07) is 8.29. The summed E-state index contributed by atoms with van der Waals surface area (Å²) in [4.78, 5) is 37.1. The number of hydrogen-bond donors (Lipinski definition) is 3. The normalized spacial score (nSPS) is 13.4. The molecule has 0 fully saturated rings. The zero-order valence-corrected chi connectivity index (χ0v) is 18.2. The first kappa shape index (κ1) is 26.1. The molecule has 1 aromatic carbocycles. The monoisotopic (exact) mass is 430 g/mol. The number of nitrogens with one attached hydrogen (secondary N) is 2. The minimum Gasteiger partial charge on any atom is -0.463 e. The van der Waals surface area contributed by atoms with E-state index in [1.54, 1.807) is 19.1 Å². The predicted octanol–water partition coefficient (Wildman–Crippen LogP) is 2.82. The number of unbranched alkanes of at least 4 members (excludes halogenated alkanes) is 1. The first-order valence-electron chi connectivity index (χ1n) is 10.5. The third-order valence-electron chi connectivity index (χ3n) is 4.65. The van der Waals surface area contributed by atoms with Gasteiger partial charge in [0, 0.05) is 18.9 Å². The van der Waals surface area contributed by atoms with E-state index in [2.05, 4.69) is 23.8 Å². The Labute approximate surface area is 184 Å². The van der Waals surface area contributed by atoms with E-state index in [1.807, 2.05) is 30.3 Å². The molecule has 3 N–H and O–H groups in total. The van der Waals surface area contributed by atoms with E-state index in [1.165, 1.54) is 0 Å². The topological polar surface area (TPSA) is 105 Å². The van der Waals surface area contributed by atoms with E-state index in [-0.39, 0.29) is 43.8 Å². The van der Waals surface area contributed by atoms with Crippen LogP contribution < -0.4 is 10.6 Å². The predicted molar refractivity (Wildman–Crippen MR) is 120 cm³/mol. The van der Waals surface area contributed by atoms with Crippen molar-refractivity contribution < 1.29 is 24.2 Å². The second-order valence-electron chi connectivity index (χ2n) is 7.41. The molecule has 7 heteroatoms. The summed E-state index contributed by atoms with van der Waals surface area (Å²) in [5, 5.41) is 14.6. The van der Waals surface area contributed by atoms with Gasteiger partial charge >= 0.3 is 5.97 Å². The van der Waals surface area contributed by atoms with E-state index in [0.717, 1.165) is 12.0 Å². The lowest BCUT2D eigenvalue weighted by molar-refractivity contribution is -0.145. The SMILES string of the molecule is C=CCCCC(=O)OC[C@@H](NC(=O)[C@H](CC=C)CC(=O)N[C@H](C)CO)c1ccccc1. The molecular weight excluding hydrogens is 396 g/mol. The Kier molecular flexibility index (Phi) is 12.6. The van der Waals surface area contributed by atoms with Crippen molar-refractivity contribution in [1.82, 2.24) is 10.6 Å². The Morgan fingerprint density at radius 2 is 1.84 bits per heavy atom. The summed E-state index contributed by atoms with van der Waals surface area (Å²) in [6.45, 7) is 8.79. The van der Waals surface area contributed by atoms with Crippen LogP contribution in [0.5, 0.6) is 0 Å². The molecule has 7 nitrogen and oxygen atoms in total. The van der Waals surface area contributed by atoms with E-state index < -0.39 is 18.0 Å². The van der Waals surface area contributed by atoms with Crippen LogP contribution in [0, 0.1) is 5.92 Å². The van der Waals surface area contributed by atoms with Crippen LogP contribution in [-0.4, -0.2) is 42.1 Å². The highest BCUT2D eigenvalue weighted by Gasteiger charge is 2.25. The number of rotatable bonds is 15. The van der Waals surface area contributed by atoms with E-state index in [4.69, 9.17) is 9.84 Å². The van der Waals surface area contributed by atoms with Crippen LogP contribution >= 0.6 is 0 Å². The average Bonchev–Trinajstić information content (AvgIpc) is 2.76. The molecule has 31 heavy (non-hydrogen) atoms. The van der Waals surface area contributed by atoms with Gasteiger partial charge in [0.1, 0.15) is 6.61 Å². The maximum Gasteiger partial charge on any atom is 0.305 e. The molecule has 0 heterocycles. The third kappa shape index (κ3) is 10.6. The number of aliphatic hydroxyl groups excluding tert-OH is 1. The third-order valence-corrected chi connectivity index (χ3v) is 4.65. The van der Waals surface area contributed by atoms with Crippen molar-refractivity contribution in [2.24, 2.45) is 5.92 Å². The number of benzene rings is 1. The highest BCUT2D eigenvalue weighted by molar-refractivity contribution is 5.86. The van der Waals surface area contributed by atoms with Gasteiger partial charge in [0.05, 0.1) is 18.6 Å². The lowest BCUT2D eigenvalue weighted by Gasteiger charge is -2.23. The van der Waals surface area contributed by atoms with Crippen molar-refractivity contribution in [3.05, 3.63) is 61.2 Å². The van der Waals surface area contributed by atoms with E-state index in [0.29, 0.717) is 12.8 Å². The zero-order valence-electron chi connectivity index (χ0n) is 18.2. The van der Waals surface area contributed by atoms with Crippen molar-refractivity contribution in [3.63, 3.8) is 0 Å². The first-order valence-corrected chi connectivity index (χ1v) is 10.5. The van der Waals surface area contributed by atoms with Gasteiger partial charge < -0.3 is 20.5 Å². The van der Waals surface area contributed by atoms with Crippen molar-refractivity contribution in [2.45, 2.75) is 51.1 Å². The van der Waals surface area contributed by atoms with E-state index in [9.17, 15) is 14.4 Å². The standard InChI is InChI=1S/C24H34N2O5/c1-4-6-8-14-23(29)31-17-21(19-12-9-7-10-13-19)26-24(30)20(11-5-2)15-22(28)25-18(3)16-27/h4-5,7,9-10,12-13,18,20-21,27H,1-2,6,8,11,14-17H2,3H3,(H,25,28)(H,26,30)/t18-,20-,21-/m1/s1. The van der Waals surface area contributed by atoms with Crippen LogP contribution in [0.1, 0.15) is 50.6 Å². The molecule has 3 atom stereocenters. The fraction of sp³-hybridized carbons (Fsp3) is 0.458. The number of esters is 1. The molecule has 0 aromatic heterocycles. The van der Waals surface area contributed by atoms with Gasteiger partial charge in [0.25, 0.3) is 0 Å². The van der Waals surface area contributed by atoms with Crippen LogP contribution in [0.4, 0.5) is 0 Å². The summed E-state index contributed by atoms with van der Waals surface area (Å²) in [7, 11) is 0. The van der Waals surface area contributed by atoms with Crippen LogP contribution in [0.25, 0.3) is 0 Å². The van der Waals surface area contributed by atoms with Crippen LogP contribution in [0.15, 0.2) is 55.6 Å². The zero-order chi connectivity index (χ0) is 23.1. The maximum atomic E-state index is 12.9. The second-order valence-corrected chi connectivity index (χ2v) is 7.41. The molecule has 0 saturated carbocycles. The molecule has 1 aromatic rings. The molecule has 1 rings (SSSR count). The highest BCUT2D eigenvalue weighted by atomic mass is 16.5. The Bertz CT molecular complexity index is 720. The quantitative estimate of drug-likeness (QED) is 0.225. The smallest absolute Gasteiger partial charge is 0.305 e. The van der Waals surface area contributed by atoms with Gasteiger partial charge in [-0.15, -0.1) is 13.2 Å². The maximum absolute atomic E-state index is 12.9. The van der Waals surface area contributed by atoms with Crippen molar-refractivity contribution in [3.8, 4) is 0 Å². The molecule has 2 amide bonds. The minimum absolute atomic E-state index is 0.00275. The Morgan fingerprint density at radius 3 is 2.45 bits per heavy atom. The molecule has 0 bridgehead atoms. The first-order chi connectivity index (χ1) is 14.9. The fourth-order valence-corrected chi connectivity index (χ4v) is 2.92. The summed E-state index contributed by atoms with van der Waals surface area (Å²) in [5.41, 5.74) is 0.797. The second kappa shape index (κ2) is 15.0. The molecule has 0 aliphatic carbocycles. The number of aliphatic hydroxyl groups is 1. The van der Waals surface area contributed by atoms with Gasteiger partial charge in [-0.25, -0.2) is 0 Å². The lowest BCUT2D eigenvalue weighted by Crippen LogP contribution is -2.40. The van der Waals surface area contributed by atoms with Crippen LogP contribution in [0.3, 0.4) is 0 Å². The fourth-order valence-electron chi connectivity index (χ4n) is 2.92. The van der Waals surface area contributed by atoms with Crippen molar-refractivity contribution in [2.75, 3.05) is 13.2 Å². The highest BCUT2D eigenvalue weighted by Crippen LogP contribution is 2.17. The van der Waals surface area contributed by atoms with Crippen molar-refractivity contribution >= 4 is 17.8 Å². The molecule has 0 aliphatic heterocycles. The van der Waals surface area contributed by atoms with Gasteiger partial charge in [-0.05, 0) is 31.7 Å². The number of carbonyl (C=O) groups excluding carboxylic acids is 3. The van der Waals surface area contributed by atoms with Crippen LogP contribution in [-0.2, 0) is 19.1 Å². The van der Waals surface area contributed by atoms with E-state index >= 15 is 0 Å². The number of amides is 2. The lowest BCUT2D eigenvalue weighted by atomic mass is 9.98. The number of hydrogen-bond acceptors (Lipinski definition) is 5. The van der Waals surface area contributed by atoms with Gasteiger partial charge in [-0.1, -0.05) is 42.5 Å². The minimum atomic E-state index is -0.627.